The molecule has 29 heavy (non-hydrogen) atoms. The fourth-order valence-corrected chi connectivity index (χ4v) is 4.82. The van der Waals surface area contributed by atoms with Crippen LogP contribution in [0.25, 0.3) is 10.9 Å². The number of nitrogens with zero attached hydrogens (tertiary/aromatic N) is 5. The summed E-state index contributed by atoms with van der Waals surface area (Å²) in [6.07, 6.45) is 6.93. The lowest BCUT2D eigenvalue weighted by atomic mass is 9.89. The number of fused-ring (bicyclic) bond motifs is 1. The molecule has 0 bridgehead atoms. The largest absolute Gasteiger partial charge is 0.367 e. The van der Waals surface area contributed by atoms with Crippen molar-refractivity contribution in [3.8, 4) is 6.07 Å². The Balaban J connectivity index is 1.34. The minimum atomic E-state index is 0.415. The second-order valence-corrected chi connectivity index (χ2v) is 8.72. The van der Waals surface area contributed by atoms with Gasteiger partial charge in [-0.15, -0.1) is 0 Å². The van der Waals surface area contributed by atoms with Crippen LogP contribution in [0.15, 0.2) is 24.5 Å². The van der Waals surface area contributed by atoms with Crippen LogP contribution in [-0.2, 0) is 6.42 Å². The van der Waals surface area contributed by atoms with Gasteiger partial charge < -0.3 is 5.32 Å². The van der Waals surface area contributed by atoms with Crippen LogP contribution in [0.5, 0.6) is 0 Å². The molecule has 4 rings (SSSR count). The average Bonchev–Trinajstić information content (AvgIpc) is 2.75. The molecular weight excluding hydrogens is 360 g/mol. The SMILES string of the molecule is CC(C)N1CCN(C2CCC(Nc3ncnc4cc(CC#N)ccc34)CC2)CC1. The zero-order valence-electron chi connectivity index (χ0n) is 17.6. The van der Waals surface area contributed by atoms with Crippen LogP contribution in [-0.4, -0.2) is 64.1 Å². The van der Waals surface area contributed by atoms with Gasteiger partial charge in [0.2, 0.25) is 0 Å². The molecule has 0 radical (unpaired) electrons. The number of rotatable bonds is 5. The van der Waals surface area contributed by atoms with Gasteiger partial charge in [0.1, 0.15) is 12.1 Å². The lowest BCUT2D eigenvalue weighted by Crippen LogP contribution is -2.53. The van der Waals surface area contributed by atoms with Crippen molar-refractivity contribution >= 4 is 16.7 Å². The van der Waals surface area contributed by atoms with Crippen molar-refractivity contribution in [2.75, 3.05) is 31.5 Å². The fraction of sp³-hybridized carbons (Fsp3) is 0.609. The van der Waals surface area contributed by atoms with E-state index in [1.54, 1.807) is 6.33 Å². The molecule has 0 amide bonds. The van der Waals surface area contributed by atoms with E-state index in [0.29, 0.717) is 18.5 Å². The number of benzene rings is 1. The Morgan fingerprint density at radius 3 is 2.55 bits per heavy atom. The molecule has 1 aromatic heterocycles. The Labute approximate surface area is 173 Å². The van der Waals surface area contributed by atoms with Crippen molar-refractivity contribution in [3.05, 3.63) is 30.1 Å². The number of piperazine rings is 1. The Hall–Kier alpha value is -2.23. The molecule has 1 N–H and O–H groups in total. The summed E-state index contributed by atoms with van der Waals surface area (Å²) < 4.78 is 0. The molecule has 1 saturated heterocycles. The highest BCUT2D eigenvalue weighted by Crippen LogP contribution is 2.28. The minimum Gasteiger partial charge on any atom is -0.367 e. The molecule has 0 atom stereocenters. The maximum Gasteiger partial charge on any atom is 0.137 e. The van der Waals surface area contributed by atoms with Crippen molar-refractivity contribution in [3.63, 3.8) is 0 Å². The third-order valence-electron chi connectivity index (χ3n) is 6.62. The molecule has 1 aliphatic heterocycles. The summed E-state index contributed by atoms with van der Waals surface area (Å²) in [5, 5.41) is 13.6. The predicted molar refractivity (Wildman–Crippen MR) is 117 cm³/mol. The molecule has 2 aliphatic rings. The quantitative estimate of drug-likeness (QED) is 0.841. The summed E-state index contributed by atoms with van der Waals surface area (Å²) in [4.78, 5) is 14.2. The predicted octanol–water partition coefficient (Wildman–Crippen LogP) is 3.44. The summed E-state index contributed by atoms with van der Waals surface area (Å²) in [5.74, 6) is 0.924. The number of hydrogen-bond acceptors (Lipinski definition) is 6. The van der Waals surface area contributed by atoms with E-state index in [0.717, 1.165) is 28.3 Å². The molecule has 6 nitrogen and oxygen atoms in total. The second kappa shape index (κ2) is 9.06. The molecule has 2 fully saturated rings. The lowest BCUT2D eigenvalue weighted by Gasteiger charge is -2.43. The summed E-state index contributed by atoms with van der Waals surface area (Å²) >= 11 is 0. The number of anilines is 1. The Morgan fingerprint density at radius 2 is 1.86 bits per heavy atom. The van der Waals surface area contributed by atoms with Crippen molar-refractivity contribution in [2.45, 2.75) is 64.1 Å². The van der Waals surface area contributed by atoms with E-state index in [4.69, 9.17) is 5.26 Å². The first-order chi connectivity index (χ1) is 14.1. The Kier molecular flexibility index (Phi) is 6.27. The summed E-state index contributed by atoms with van der Waals surface area (Å²) in [7, 11) is 0. The van der Waals surface area contributed by atoms with Crippen LogP contribution in [0.4, 0.5) is 5.82 Å². The zero-order valence-corrected chi connectivity index (χ0v) is 17.6. The van der Waals surface area contributed by atoms with Gasteiger partial charge in [-0.05, 0) is 57.2 Å². The molecule has 2 heterocycles. The topological polar surface area (TPSA) is 68.1 Å². The second-order valence-electron chi connectivity index (χ2n) is 8.72. The standard InChI is InChI=1S/C23H32N6/c1-17(2)28-11-13-29(14-12-28)20-6-4-19(5-7-20)27-23-21-8-3-18(9-10-24)15-22(21)25-16-26-23/h3,8,15-17,19-20H,4-7,9,11-14H2,1-2H3,(H,25,26,27). The zero-order chi connectivity index (χ0) is 20.2. The first-order valence-corrected chi connectivity index (χ1v) is 11.0. The van der Waals surface area contributed by atoms with E-state index in [2.05, 4.69) is 45.0 Å². The van der Waals surface area contributed by atoms with Crippen molar-refractivity contribution in [2.24, 2.45) is 0 Å². The smallest absolute Gasteiger partial charge is 0.137 e. The Morgan fingerprint density at radius 1 is 1.10 bits per heavy atom. The molecule has 1 aromatic carbocycles. The van der Waals surface area contributed by atoms with E-state index in [9.17, 15) is 0 Å². The first kappa shape index (κ1) is 20.1. The van der Waals surface area contributed by atoms with Gasteiger partial charge in [0, 0.05) is 49.7 Å². The highest BCUT2D eigenvalue weighted by Gasteiger charge is 2.29. The maximum absolute atomic E-state index is 8.91. The van der Waals surface area contributed by atoms with Gasteiger partial charge >= 0.3 is 0 Å². The molecule has 2 aromatic rings. The molecule has 154 valence electrons. The lowest BCUT2D eigenvalue weighted by molar-refractivity contribution is 0.0631. The van der Waals surface area contributed by atoms with Crippen molar-refractivity contribution in [1.29, 1.82) is 5.26 Å². The van der Waals surface area contributed by atoms with Crippen LogP contribution in [0, 0.1) is 11.3 Å². The van der Waals surface area contributed by atoms with Gasteiger partial charge in [-0.1, -0.05) is 6.07 Å². The number of hydrogen-bond donors (Lipinski definition) is 1. The molecule has 1 aliphatic carbocycles. The van der Waals surface area contributed by atoms with Crippen molar-refractivity contribution in [1.82, 2.24) is 19.8 Å². The summed E-state index contributed by atoms with van der Waals surface area (Å²) in [6, 6.07) is 10.1. The van der Waals surface area contributed by atoms with Gasteiger partial charge in [0.05, 0.1) is 18.0 Å². The van der Waals surface area contributed by atoms with Gasteiger partial charge in [-0.3, -0.25) is 9.80 Å². The first-order valence-electron chi connectivity index (χ1n) is 11.0. The van der Waals surface area contributed by atoms with Crippen molar-refractivity contribution < 1.29 is 0 Å². The van der Waals surface area contributed by atoms with Crippen LogP contribution in [0.2, 0.25) is 0 Å². The minimum absolute atomic E-state index is 0.415. The van der Waals surface area contributed by atoms with Crippen LogP contribution >= 0.6 is 0 Å². The molecule has 0 spiro atoms. The van der Waals surface area contributed by atoms with Gasteiger partial charge in [0.25, 0.3) is 0 Å². The van der Waals surface area contributed by atoms with Gasteiger partial charge in [-0.2, -0.15) is 5.26 Å². The monoisotopic (exact) mass is 392 g/mol. The van der Waals surface area contributed by atoms with Crippen LogP contribution in [0.1, 0.15) is 45.1 Å². The average molecular weight is 393 g/mol. The fourth-order valence-electron chi connectivity index (χ4n) is 4.82. The van der Waals surface area contributed by atoms with E-state index >= 15 is 0 Å². The summed E-state index contributed by atoms with van der Waals surface area (Å²) in [6.45, 7) is 9.43. The van der Waals surface area contributed by atoms with Crippen LogP contribution < -0.4 is 5.32 Å². The molecule has 0 unspecified atom stereocenters. The highest BCUT2D eigenvalue weighted by atomic mass is 15.3. The number of nitrogens with one attached hydrogen (secondary N) is 1. The van der Waals surface area contributed by atoms with Gasteiger partial charge in [0.15, 0.2) is 0 Å². The van der Waals surface area contributed by atoms with Crippen LogP contribution in [0.3, 0.4) is 0 Å². The Bertz CT molecular complexity index is 857. The summed E-state index contributed by atoms with van der Waals surface area (Å²) in [5.41, 5.74) is 1.91. The highest BCUT2D eigenvalue weighted by molar-refractivity contribution is 5.89. The molecular formula is C23H32N6. The normalized spacial score (nSPS) is 23.9. The van der Waals surface area contributed by atoms with E-state index < -0.39 is 0 Å². The van der Waals surface area contributed by atoms with Gasteiger partial charge in [-0.25, -0.2) is 9.97 Å². The van der Waals surface area contributed by atoms with E-state index in [1.165, 1.54) is 51.9 Å². The third kappa shape index (κ3) is 4.68. The van der Waals surface area contributed by atoms with E-state index in [1.807, 2.05) is 18.2 Å². The third-order valence-corrected chi connectivity index (χ3v) is 6.62. The number of aromatic nitrogens is 2. The number of nitriles is 1. The molecule has 1 saturated carbocycles. The molecule has 6 heteroatoms. The maximum atomic E-state index is 8.91. The van der Waals surface area contributed by atoms with E-state index in [-0.39, 0.29) is 0 Å².